The van der Waals surface area contributed by atoms with E-state index in [1.807, 2.05) is 26.0 Å². The van der Waals surface area contributed by atoms with Gasteiger partial charge < -0.3 is 4.74 Å². The molecule has 0 aliphatic heterocycles. The van der Waals surface area contributed by atoms with E-state index in [0.29, 0.717) is 12.2 Å². The van der Waals surface area contributed by atoms with Crippen LogP contribution in [-0.4, -0.2) is 17.9 Å². The summed E-state index contributed by atoms with van der Waals surface area (Å²) in [5.74, 6) is -0.457. The summed E-state index contributed by atoms with van der Waals surface area (Å²) in [6.07, 6.45) is -0.123. The summed E-state index contributed by atoms with van der Waals surface area (Å²) in [6, 6.07) is 11.6. The van der Waals surface area contributed by atoms with E-state index in [-0.39, 0.29) is 18.1 Å². The molecule has 0 aliphatic rings. The van der Waals surface area contributed by atoms with E-state index in [4.69, 9.17) is 4.74 Å². The number of hydrogen-bond acceptors (Lipinski definition) is 3. The van der Waals surface area contributed by atoms with Crippen molar-refractivity contribution in [2.45, 2.75) is 39.7 Å². The number of rotatable bonds is 6. The van der Waals surface area contributed by atoms with E-state index < -0.39 is 12.0 Å². The SMILES string of the molecule is Cc1cccc(OC(C)C(=O)NNC(=O)CCc2ccc(F)cc2)c1C. The maximum Gasteiger partial charge on any atom is 0.279 e. The highest BCUT2D eigenvalue weighted by Crippen LogP contribution is 2.21. The lowest BCUT2D eigenvalue weighted by Gasteiger charge is -2.17. The van der Waals surface area contributed by atoms with E-state index in [9.17, 15) is 14.0 Å². The lowest BCUT2D eigenvalue weighted by atomic mass is 10.1. The van der Waals surface area contributed by atoms with Gasteiger partial charge in [0, 0.05) is 6.42 Å². The Kier molecular flexibility index (Phi) is 6.72. The summed E-state index contributed by atoms with van der Waals surface area (Å²) in [6.45, 7) is 5.50. The van der Waals surface area contributed by atoms with E-state index >= 15 is 0 Å². The smallest absolute Gasteiger partial charge is 0.279 e. The van der Waals surface area contributed by atoms with Gasteiger partial charge in [0.2, 0.25) is 5.91 Å². The summed E-state index contributed by atoms with van der Waals surface area (Å²) >= 11 is 0. The molecule has 2 amide bonds. The van der Waals surface area contributed by atoms with Gasteiger partial charge in [-0.1, -0.05) is 24.3 Å². The molecule has 26 heavy (non-hydrogen) atoms. The standard InChI is InChI=1S/C20H23FN2O3/c1-13-5-4-6-18(14(13)2)26-15(3)20(25)23-22-19(24)12-9-16-7-10-17(21)11-8-16/h4-8,10-11,15H,9,12H2,1-3H3,(H,22,24)(H,23,25). The minimum Gasteiger partial charge on any atom is -0.481 e. The number of hydrogen-bond donors (Lipinski definition) is 2. The van der Waals surface area contributed by atoms with Gasteiger partial charge in [0.25, 0.3) is 5.91 Å². The topological polar surface area (TPSA) is 67.4 Å². The van der Waals surface area contributed by atoms with Crippen molar-refractivity contribution in [1.82, 2.24) is 10.9 Å². The summed E-state index contributed by atoms with van der Waals surface area (Å²) in [5.41, 5.74) is 7.61. The lowest BCUT2D eigenvalue weighted by Crippen LogP contribution is -2.47. The van der Waals surface area contributed by atoms with Crippen LogP contribution in [0.5, 0.6) is 5.75 Å². The number of aryl methyl sites for hydroxylation is 2. The molecule has 2 N–H and O–H groups in total. The molecule has 0 saturated carbocycles. The zero-order valence-corrected chi connectivity index (χ0v) is 15.1. The Hall–Kier alpha value is -2.89. The molecule has 0 aliphatic carbocycles. The number of ether oxygens (including phenoxy) is 1. The van der Waals surface area contributed by atoms with Gasteiger partial charge >= 0.3 is 0 Å². The third-order valence-corrected chi connectivity index (χ3v) is 4.11. The van der Waals surface area contributed by atoms with E-state index in [1.165, 1.54) is 12.1 Å². The Bertz CT molecular complexity index is 775. The maximum atomic E-state index is 12.8. The Balaban J connectivity index is 1.77. The van der Waals surface area contributed by atoms with Crippen LogP contribution in [0.1, 0.15) is 30.0 Å². The third-order valence-electron chi connectivity index (χ3n) is 4.11. The average Bonchev–Trinajstić information content (AvgIpc) is 2.63. The highest BCUT2D eigenvalue weighted by atomic mass is 19.1. The molecule has 1 atom stereocenters. The lowest BCUT2D eigenvalue weighted by molar-refractivity contribution is -0.132. The van der Waals surface area contributed by atoms with Crippen LogP contribution in [0.3, 0.4) is 0 Å². The molecule has 0 spiro atoms. The highest BCUT2D eigenvalue weighted by Gasteiger charge is 2.16. The minimum absolute atomic E-state index is 0.179. The molecule has 0 radical (unpaired) electrons. The summed E-state index contributed by atoms with van der Waals surface area (Å²) in [7, 11) is 0. The predicted molar refractivity (Wildman–Crippen MR) is 97.0 cm³/mol. The molecular formula is C20H23FN2O3. The molecule has 2 aromatic rings. The van der Waals surface area contributed by atoms with Crippen molar-refractivity contribution in [3.63, 3.8) is 0 Å². The van der Waals surface area contributed by atoms with Crippen LogP contribution in [0.15, 0.2) is 42.5 Å². The van der Waals surface area contributed by atoms with Gasteiger partial charge in [0.1, 0.15) is 11.6 Å². The van der Waals surface area contributed by atoms with Crippen LogP contribution >= 0.6 is 0 Å². The average molecular weight is 358 g/mol. The van der Waals surface area contributed by atoms with Gasteiger partial charge in [0.05, 0.1) is 0 Å². The molecule has 138 valence electrons. The summed E-state index contributed by atoms with van der Waals surface area (Å²) in [4.78, 5) is 23.9. The van der Waals surface area contributed by atoms with Gasteiger partial charge in [-0.15, -0.1) is 0 Å². The van der Waals surface area contributed by atoms with Crippen molar-refractivity contribution in [1.29, 1.82) is 0 Å². The van der Waals surface area contributed by atoms with Crippen molar-refractivity contribution in [3.05, 3.63) is 65.0 Å². The Morgan fingerprint density at radius 1 is 1.08 bits per heavy atom. The molecule has 2 rings (SSSR count). The van der Waals surface area contributed by atoms with Crippen molar-refractivity contribution in [2.75, 3.05) is 0 Å². The molecule has 0 fully saturated rings. The van der Waals surface area contributed by atoms with Crippen molar-refractivity contribution in [3.8, 4) is 5.75 Å². The number of hydrazine groups is 1. The van der Waals surface area contributed by atoms with E-state index in [2.05, 4.69) is 10.9 Å². The first-order valence-corrected chi connectivity index (χ1v) is 8.43. The fourth-order valence-electron chi connectivity index (χ4n) is 2.30. The number of carbonyl (C=O) groups excluding carboxylic acids is 2. The van der Waals surface area contributed by atoms with E-state index in [0.717, 1.165) is 16.7 Å². The first-order chi connectivity index (χ1) is 12.4. The second-order valence-electron chi connectivity index (χ2n) is 6.12. The van der Waals surface area contributed by atoms with Crippen LogP contribution in [0.25, 0.3) is 0 Å². The summed E-state index contributed by atoms with van der Waals surface area (Å²) < 4.78 is 18.5. The molecule has 0 heterocycles. The second kappa shape index (κ2) is 8.99. The Morgan fingerprint density at radius 3 is 2.46 bits per heavy atom. The van der Waals surface area contributed by atoms with Gasteiger partial charge in [-0.2, -0.15) is 0 Å². The first-order valence-electron chi connectivity index (χ1n) is 8.43. The normalized spacial score (nSPS) is 11.5. The van der Waals surface area contributed by atoms with Gasteiger partial charge in [-0.05, 0) is 62.1 Å². The van der Waals surface area contributed by atoms with Gasteiger partial charge in [0.15, 0.2) is 6.10 Å². The fourth-order valence-corrected chi connectivity index (χ4v) is 2.30. The second-order valence-corrected chi connectivity index (χ2v) is 6.12. The van der Waals surface area contributed by atoms with Crippen LogP contribution in [0, 0.1) is 19.7 Å². The third kappa shape index (κ3) is 5.58. The van der Waals surface area contributed by atoms with E-state index in [1.54, 1.807) is 25.1 Å². The predicted octanol–water partition coefficient (Wildman–Crippen LogP) is 2.99. The molecule has 0 aromatic heterocycles. The maximum absolute atomic E-state index is 12.8. The van der Waals surface area contributed by atoms with Crippen LogP contribution in [-0.2, 0) is 16.0 Å². The molecule has 2 aromatic carbocycles. The quantitative estimate of drug-likeness (QED) is 0.780. The first kappa shape index (κ1) is 19.4. The van der Waals surface area contributed by atoms with Crippen LogP contribution < -0.4 is 15.6 Å². The molecular weight excluding hydrogens is 335 g/mol. The Morgan fingerprint density at radius 2 is 1.77 bits per heavy atom. The number of nitrogens with one attached hydrogen (secondary N) is 2. The van der Waals surface area contributed by atoms with Crippen LogP contribution in [0.2, 0.25) is 0 Å². The van der Waals surface area contributed by atoms with Crippen molar-refractivity contribution in [2.24, 2.45) is 0 Å². The molecule has 6 heteroatoms. The zero-order chi connectivity index (χ0) is 19.1. The number of amides is 2. The number of benzene rings is 2. The molecule has 0 saturated heterocycles. The van der Waals surface area contributed by atoms with Gasteiger partial charge in [-0.3, -0.25) is 20.4 Å². The van der Waals surface area contributed by atoms with Crippen LogP contribution in [0.4, 0.5) is 4.39 Å². The number of halogens is 1. The van der Waals surface area contributed by atoms with Gasteiger partial charge in [-0.25, -0.2) is 4.39 Å². The fraction of sp³-hybridized carbons (Fsp3) is 0.300. The molecule has 1 unspecified atom stereocenters. The number of carbonyl (C=O) groups is 2. The summed E-state index contributed by atoms with van der Waals surface area (Å²) in [5, 5.41) is 0. The Labute approximate surface area is 152 Å². The largest absolute Gasteiger partial charge is 0.481 e. The molecule has 5 nitrogen and oxygen atoms in total. The zero-order valence-electron chi connectivity index (χ0n) is 15.1. The van der Waals surface area contributed by atoms with Crippen molar-refractivity contribution < 1.29 is 18.7 Å². The highest BCUT2D eigenvalue weighted by molar-refractivity contribution is 5.84. The van der Waals surface area contributed by atoms with Crippen molar-refractivity contribution >= 4 is 11.8 Å². The molecule has 0 bridgehead atoms. The minimum atomic E-state index is -0.757. The monoisotopic (exact) mass is 358 g/mol.